The highest BCUT2D eigenvalue weighted by Gasteiger charge is 2.15. The van der Waals surface area contributed by atoms with Crippen molar-refractivity contribution in [1.82, 2.24) is 4.90 Å². The molecule has 2 rings (SSSR count). The standard InChI is InChI=1S/C18H17BrFNO3/c1-12(22)15-9-14(20)7-8-17(15)24-11-18(23)21(2)10-13-5-3-4-6-16(13)19/h3-9H,10-11H2,1-2H3. The van der Waals surface area contributed by atoms with Gasteiger partial charge in [-0.25, -0.2) is 4.39 Å². The Morgan fingerprint density at radius 2 is 1.92 bits per heavy atom. The Bertz CT molecular complexity index is 764. The van der Waals surface area contributed by atoms with E-state index in [1.165, 1.54) is 24.0 Å². The Morgan fingerprint density at radius 1 is 1.21 bits per heavy atom. The maximum atomic E-state index is 13.2. The Balaban J connectivity index is 2.00. The van der Waals surface area contributed by atoms with Crippen molar-refractivity contribution < 1.29 is 18.7 Å². The van der Waals surface area contributed by atoms with Gasteiger partial charge < -0.3 is 9.64 Å². The largest absolute Gasteiger partial charge is 0.483 e. The smallest absolute Gasteiger partial charge is 0.260 e. The van der Waals surface area contributed by atoms with Crippen molar-refractivity contribution in [1.29, 1.82) is 0 Å². The summed E-state index contributed by atoms with van der Waals surface area (Å²) in [6, 6.07) is 11.3. The summed E-state index contributed by atoms with van der Waals surface area (Å²) in [7, 11) is 1.67. The average Bonchev–Trinajstić information content (AvgIpc) is 2.55. The number of rotatable bonds is 6. The number of hydrogen-bond acceptors (Lipinski definition) is 3. The highest BCUT2D eigenvalue weighted by Crippen LogP contribution is 2.21. The number of carbonyl (C=O) groups is 2. The van der Waals surface area contributed by atoms with Gasteiger partial charge in [-0.05, 0) is 36.8 Å². The SMILES string of the molecule is CC(=O)c1cc(F)ccc1OCC(=O)N(C)Cc1ccccc1Br. The molecule has 0 spiro atoms. The fraction of sp³-hybridized carbons (Fsp3) is 0.222. The number of hydrogen-bond donors (Lipinski definition) is 0. The van der Waals surface area contributed by atoms with Crippen molar-refractivity contribution >= 4 is 27.6 Å². The molecule has 1 amide bonds. The molecule has 0 aliphatic rings. The van der Waals surface area contributed by atoms with Gasteiger partial charge in [0, 0.05) is 18.1 Å². The number of ether oxygens (including phenoxy) is 1. The van der Waals surface area contributed by atoms with Crippen LogP contribution in [0.2, 0.25) is 0 Å². The summed E-state index contributed by atoms with van der Waals surface area (Å²) in [5, 5.41) is 0. The molecule has 0 saturated carbocycles. The molecule has 0 aromatic heterocycles. The van der Waals surface area contributed by atoms with E-state index in [4.69, 9.17) is 4.74 Å². The third kappa shape index (κ3) is 4.64. The highest BCUT2D eigenvalue weighted by atomic mass is 79.9. The van der Waals surface area contributed by atoms with Crippen molar-refractivity contribution in [3.05, 3.63) is 63.9 Å². The lowest BCUT2D eigenvalue weighted by molar-refractivity contribution is -0.132. The van der Waals surface area contributed by atoms with Gasteiger partial charge in [-0.15, -0.1) is 0 Å². The highest BCUT2D eigenvalue weighted by molar-refractivity contribution is 9.10. The van der Waals surface area contributed by atoms with Crippen LogP contribution in [-0.2, 0) is 11.3 Å². The maximum Gasteiger partial charge on any atom is 0.260 e. The average molecular weight is 394 g/mol. The van der Waals surface area contributed by atoms with Gasteiger partial charge in [-0.1, -0.05) is 34.1 Å². The lowest BCUT2D eigenvalue weighted by Gasteiger charge is -2.19. The lowest BCUT2D eigenvalue weighted by atomic mass is 10.1. The number of amides is 1. The van der Waals surface area contributed by atoms with Crippen LogP contribution in [0.4, 0.5) is 4.39 Å². The van der Waals surface area contributed by atoms with Crippen LogP contribution >= 0.6 is 15.9 Å². The van der Waals surface area contributed by atoms with Gasteiger partial charge in [0.2, 0.25) is 0 Å². The van der Waals surface area contributed by atoms with Crippen LogP contribution in [0.25, 0.3) is 0 Å². The minimum atomic E-state index is -0.523. The monoisotopic (exact) mass is 393 g/mol. The molecule has 0 saturated heterocycles. The Morgan fingerprint density at radius 3 is 2.58 bits per heavy atom. The van der Waals surface area contributed by atoms with E-state index < -0.39 is 5.82 Å². The molecule has 0 aliphatic heterocycles. The van der Waals surface area contributed by atoms with Gasteiger partial charge in [0.15, 0.2) is 12.4 Å². The van der Waals surface area contributed by atoms with Crippen LogP contribution in [0.5, 0.6) is 5.75 Å². The summed E-state index contributed by atoms with van der Waals surface area (Å²) >= 11 is 3.44. The van der Waals surface area contributed by atoms with Crippen LogP contribution in [0.1, 0.15) is 22.8 Å². The van der Waals surface area contributed by atoms with Gasteiger partial charge in [0.05, 0.1) is 5.56 Å². The molecule has 0 heterocycles. The minimum Gasteiger partial charge on any atom is -0.483 e. The molecular formula is C18H17BrFNO3. The maximum absolute atomic E-state index is 13.2. The Kier molecular flexibility index (Phi) is 6.09. The van der Waals surface area contributed by atoms with E-state index in [-0.39, 0.29) is 29.6 Å². The van der Waals surface area contributed by atoms with Gasteiger partial charge in [0.25, 0.3) is 5.91 Å². The molecule has 0 atom stereocenters. The van der Waals surface area contributed by atoms with E-state index in [9.17, 15) is 14.0 Å². The van der Waals surface area contributed by atoms with Crippen LogP contribution < -0.4 is 4.74 Å². The van der Waals surface area contributed by atoms with Gasteiger partial charge in [-0.2, -0.15) is 0 Å². The van der Waals surface area contributed by atoms with E-state index in [1.807, 2.05) is 24.3 Å². The van der Waals surface area contributed by atoms with E-state index in [2.05, 4.69) is 15.9 Å². The fourth-order valence-corrected chi connectivity index (χ4v) is 2.53. The molecule has 0 fully saturated rings. The van der Waals surface area contributed by atoms with Gasteiger partial charge in [0.1, 0.15) is 11.6 Å². The summed E-state index contributed by atoms with van der Waals surface area (Å²) in [4.78, 5) is 25.3. The first kappa shape index (κ1) is 18.1. The number of carbonyl (C=O) groups excluding carboxylic acids is 2. The van der Waals surface area contributed by atoms with Crippen LogP contribution in [-0.4, -0.2) is 30.2 Å². The number of halogens is 2. The molecule has 4 nitrogen and oxygen atoms in total. The zero-order valence-electron chi connectivity index (χ0n) is 13.4. The van der Waals surface area contributed by atoms with E-state index in [1.54, 1.807) is 7.05 Å². The minimum absolute atomic E-state index is 0.122. The molecule has 0 bridgehead atoms. The molecule has 0 N–H and O–H groups in total. The Labute approximate surface area is 148 Å². The molecule has 0 unspecified atom stereocenters. The predicted molar refractivity (Wildman–Crippen MR) is 92.5 cm³/mol. The zero-order chi connectivity index (χ0) is 17.7. The summed E-state index contributed by atoms with van der Waals surface area (Å²) in [6.07, 6.45) is 0. The molecule has 6 heteroatoms. The lowest BCUT2D eigenvalue weighted by Crippen LogP contribution is -2.31. The second-order valence-electron chi connectivity index (χ2n) is 5.33. The predicted octanol–water partition coefficient (Wildman–Crippen LogP) is 3.83. The molecular weight excluding hydrogens is 377 g/mol. The van der Waals surface area contributed by atoms with Crippen molar-refractivity contribution in [3.63, 3.8) is 0 Å². The topological polar surface area (TPSA) is 46.6 Å². The first-order valence-corrected chi connectivity index (χ1v) is 8.08. The van der Waals surface area contributed by atoms with Gasteiger partial charge in [-0.3, -0.25) is 9.59 Å². The van der Waals surface area contributed by atoms with E-state index in [0.717, 1.165) is 16.1 Å². The second kappa shape index (κ2) is 8.06. The Hall–Kier alpha value is -2.21. The molecule has 0 radical (unpaired) electrons. The number of ketones is 1. The number of likely N-dealkylation sites (N-methyl/N-ethyl adjacent to an activating group) is 1. The summed E-state index contributed by atoms with van der Waals surface area (Å²) < 4.78 is 19.6. The van der Waals surface area contributed by atoms with Crippen LogP contribution in [0.15, 0.2) is 46.9 Å². The first-order valence-electron chi connectivity index (χ1n) is 7.29. The molecule has 24 heavy (non-hydrogen) atoms. The van der Waals surface area contributed by atoms with Crippen molar-refractivity contribution in [2.75, 3.05) is 13.7 Å². The summed E-state index contributed by atoms with van der Waals surface area (Å²) in [5.74, 6) is -0.889. The quantitative estimate of drug-likeness (QED) is 0.700. The van der Waals surface area contributed by atoms with Crippen LogP contribution in [0.3, 0.4) is 0 Å². The molecule has 2 aromatic carbocycles. The third-order valence-electron chi connectivity index (χ3n) is 3.46. The second-order valence-corrected chi connectivity index (χ2v) is 6.18. The van der Waals surface area contributed by atoms with Crippen molar-refractivity contribution in [3.8, 4) is 5.75 Å². The third-order valence-corrected chi connectivity index (χ3v) is 4.24. The molecule has 126 valence electrons. The van der Waals surface area contributed by atoms with Crippen molar-refractivity contribution in [2.45, 2.75) is 13.5 Å². The fourth-order valence-electron chi connectivity index (χ4n) is 2.12. The number of nitrogens with zero attached hydrogens (tertiary/aromatic N) is 1. The summed E-state index contributed by atoms with van der Waals surface area (Å²) in [6.45, 7) is 1.52. The number of benzene rings is 2. The van der Waals surface area contributed by atoms with Gasteiger partial charge >= 0.3 is 0 Å². The zero-order valence-corrected chi connectivity index (χ0v) is 15.0. The van der Waals surface area contributed by atoms with Crippen molar-refractivity contribution in [2.24, 2.45) is 0 Å². The summed E-state index contributed by atoms with van der Waals surface area (Å²) in [5.41, 5.74) is 1.09. The van der Waals surface area contributed by atoms with E-state index in [0.29, 0.717) is 6.54 Å². The molecule has 2 aromatic rings. The normalized spacial score (nSPS) is 10.3. The molecule has 0 aliphatic carbocycles. The van der Waals surface area contributed by atoms with E-state index >= 15 is 0 Å². The first-order chi connectivity index (χ1) is 11.4. The van der Waals surface area contributed by atoms with Crippen LogP contribution in [0, 0.1) is 5.82 Å². The number of Topliss-reactive ketones (excluding diaryl/α,β-unsaturated/α-hetero) is 1.